The second-order valence-electron chi connectivity index (χ2n) is 7.35. The van der Waals surface area contributed by atoms with Crippen molar-refractivity contribution < 1.29 is 8.42 Å². The monoisotopic (exact) mass is 354 g/mol. The van der Waals surface area contributed by atoms with Crippen molar-refractivity contribution in [3.8, 4) is 0 Å². The van der Waals surface area contributed by atoms with Gasteiger partial charge in [-0.2, -0.15) is 5.10 Å². The number of sulfonamides is 1. The Bertz CT molecular complexity index is 648. The minimum absolute atomic E-state index is 0.00612. The highest BCUT2D eigenvalue weighted by Gasteiger charge is 2.30. The van der Waals surface area contributed by atoms with Crippen molar-refractivity contribution in [1.82, 2.24) is 19.4 Å². The maximum absolute atomic E-state index is 12.7. The molecule has 7 heteroatoms. The van der Waals surface area contributed by atoms with Crippen molar-refractivity contribution in [3.05, 3.63) is 11.9 Å². The highest BCUT2D eigenvalue weighted by molar-refractivity contribution is 7.89. The van der Waals surface area contributed by atoms with Crippen LogP contribution in [0.15, 0.2) is 11.1 Å². The van der Waals surface area contributed by atoms with Crippen LogP contribution in [0.1, 0.15) is 57.1 Å². The molecule has 2 fully saturated rings. The molecular formula is C17H30N4O2S. The normalized spacial score (nSPS) is 24.8. The van der Waals surface area contributed by atoms with Gasteiger partial charge in [0.15, 0.2) is 0 Å². The zero-order chi connectivity index (χ0) is 17.2. The molecule has 1 aromatic heterocycles. The first kappa shape index (κ1) is 17.9. The van der Waals surface area contributed by atoms with Crippen molar-refractivity contribution >= 4 is 10.0 Å². The number of hydrogen-bond donors (Lipinski definition) is 1. The van der Waals surface area contributed by atoms with Crippen LogP contribution in [0.25, 0.3) is 0 Å². The van der Waals surface area contributed by atoms with Crippen LogP contribution in [0.3, 0.4) is 0 Å². The van der Waals surface area contributed by atoms with Crippen LogP contribution in [0.5, 0.6) is 0 Å². The number of aromatic nitrogens is 2. The quantitative estimate of drug-likeness (QED) is 0.842. The highest BCUT2D eigenvalue weighted by atomic mass is 32.2. The summed E-state index contributed by atoms with van der Waals surface area (Å²) in [5.41, 5.74) is 0.557. The van der Waals surface area contributed by atoms with Gasteiger partial charge in [0.2, 0.25) is 10.0 Å². The van der Waals surface area contributed by atoms with Gasteiger partial charge in [-0.05, 0) is 39.2 Å². The van der Waals surface area contributed by atoms with Crippen molar-refractivity contribution in [2.75, 3.05) is 13.1 Å². The summed E-state index contributed by atoms with van der Waals surface area (Å²) in [5.74, 6) is 0. The van der Waals surface area contributed by atoms with E-state index in [1.165, 1.54) is 38.5 Å². The lowest BCUT2D eigenvalue weighted by Gasteiger charge is -2.38. The molecule has 0 radical (unpaired) electrons. The van der Waals surface area contributed by atoms with Crippen LogP contribution in [-0.2, 0) is 17.1 Å². The van der Waals surface area contributed by atoms with Crippen LogP contribution in [0, 0.1) is 6.92 Å². The molecule has 1 N–H and O–H groups in total. The minimum Gasteiger partial charge on any atom is -0.299 e. The van der Waals surface area contributed by atoms with E-state index >= 15 is 0 Å². The lowest BCUT2D eigenvalue weighted by molar-refractivity contribution is 0.132. The van der Waals surface area contributed by atoms with E-state index < -0.39 is 10.0 Å². The third-order valence-corrected chi connectivity index (χ3v) is 7.00. The molecule has 1 aliphatic heterocycles. The largest absolute Gasteiger partial charge is 0.299 e. The SMILES string of the molecule is Cc1nn(C)cc1S(=O)(=O)NC1CCCN(C2CCCCCC2)C1. The second-order valence-corrected chi connectivity index (χ2v) is 9.04. The number of likely N-dealkylation sites (tertiary alicyclic amines) is 1. The molecule has 24 heavy (non-hydrogen) atoms. The third-order valence-electron chi connectivity index (χ3n) is 5.37. The molecule has 1 unspecified atom stereocenters. The number of aryl methyl sites for hydroxylation is 2. The Morgan fingerprint density at radius 1 is 1.12 bits per heavy atom. The van der Waals surface area contributed by atoms with E-state index in [1.54, 1.807) is 24.9 Å². The number of hydrogen-bond acceptors (Lipinski definition) is 4. The number of nitrogens with one attached hydrogen (secondary N) is 1. The van der Waals surface area contributed by atoms with Gasteiger partial charge in [-0.3, -0.25) is 9.58 Å². The Kier molecular flexibility index (Phi) is 5.62. The number of piperidine rings is 1. The van der Waals surface area contributed by atoms with Gasteiger partial charge >= 0.3 is 0 Å². The van der Waals surface area contributed by atoms with E-state index in [2.05, 4.69) is 14.7 Å². The first-order valence-corrected chi connectivity index (χ1v) is 10.7. The molecule has 3 rings (SSSR count). The molecule has 136 valence electrons. The minimum atomic E-state index is -3.49. The van der Waals surface area contributed by atoms with Crippen LogP contribution in [0.2, 0.25) is 0 Å². The molecule has 6 nitrogen and oxygen atoms in total. The molecule has 1 saturated carbocycles. The zero-order valence-electron chi connectivity index (χ0n) is 14.9. The molecule has 0 amide bonds. The number of rotatable bonds is 4. The average molecular weight is 355 g/mol. The lowest BCUT2D eigenvalue weighted by Crippen LogP contribution is -2.50. The standard InChI is InChI=1S/C17H30N4O2S/c1-14-17(13-20(2)18-14)24(22,23)19-15-8-7-11-21(12-15)16-9-5-3-4-6-10-16/h13,15-16,19H,3-12H2,1-2H3. The van der Waals surface area contributed by atoms with Crippen molar-refractivity contribution in [2.45, 2.75) is 75.3 Å². The molecule has 2 aliphatic rings. The summed E-state index contributed by atoms with van der Waals surface area (Å²) >= 11 is 0. The van der Waals surface area contributed by atoms with Gasteiger partial charge in [-0.15, -0.1) is 0 Å². The zero-order valence-corrected chi connectivity index (χ0v) is 15.7. The van der Waals surface area contributed by atoms with Gasteiger partial charge < -0.3 is 0 Å². The molecule has 0 spiro atoms. The van der Waals surface area contributed by atoms with E-state index in [9.17, 15) is 8.42 Å². The van der Waals surface area contributed by atoms with Crippen molar-refractivity contribution in [3.63, 3.8) is 0 Å². The average Bonchev–Trinajstić information content (AvgIpc) is 2.75. The Morgan fingerprint density at radius 2 is 1.83 bits per heavy atom. The molecule has 1 aliphatic carbocycles. The Balaban J connectivity index is 1.65. The second kappa shape index (κ2) is 7.54. The summed E-state index contributed by atoms with van der Waals surface area (Å²) in [4.78, 5) is 2.83. The smallest absolute Gasteiger partial charge is 0.244 e. The predicted molar refractivity (Wildman–Crippen MR) is 94.4 cm³/mol. The van der Waals surface area contributed by atoms with Gasteiger partial charge in [0, 0.05) is 31.9 Å². The van der Waals surface area contributed by atoms with Crippen LogP contribution >= 0.6 is 0 Å². The van der Waals surface area contributed by atoms with Gasteiger partial charge in [0.25, 0.3) is 0 Å². The Morgan fingerprint density at radius 3 is 2.46 bits per heavy atom. The molecule has 1 aromatic rings. The summed E-state index contributed by atoms with van der Waals surface area (Å²) in [6, 6.07) is 0.645. The van der Waals surface area contributed by atoms with E-state index in [1.807, 2.05) is 0 Å². The van der Waals surface area contributed by atoms with Crippen molar-refractivity contribution in [1.29, 1.82) is 0 Å². The maximum Gasteiger partial charge on any atom is 0.244 e. The fraction of sp³-hybridized carbons (Fsp3) is 0.824. The molecule has 0 bridgehead atoms. The van der Waals surface area contributed by atoms with Crippen molar-refractivity contribution in [2.24, 2.45) is 7.05 Å². The van der Waals surface area contributed by atoms with Gasteiger partial charge in [0.05, 0.1) is 5.69 Å². The molecule has 1 saturated heterocycles. The fourth-order valence-electron chi connectivity index (χ4n) is 4.18. The van der Waals surface area contributed by atoms with Gasteiger partial charge in [-0.25, -0.2) is 13.1 Å². The van der Waals surface area contributed by atoms with Crippen LogP contribution in [0.4, 0.5) is 0 Å². The predicted octanol–water partition coefficient (Wildman–Crippen LogP) is 2.19. The summed E-state index contributed by atoms with van der Waals surface area (Å²) in [6.07, 6.45) is 11.4. The van der Waals surface area contributed by atoms with E-state index in [0.717, 1.165) is 25.9 Å². The molecule has 1 atom stereocenters. The van der Waals surface area contributed by atoms with Crippen LogP contribution < -0.4 is 4.72 Å². The van der Waals surface area contributed by atoms with E-state index in [-0.39, 0.29) is 6.04 Å². The third kappa shape index (κ3) is 4.18. The Labute approximate surface area is 145 Å². The lowest BCUT2D eigenvalue weighted by atomic mass is 10.0. The summed E-state index contributed by atoms with van der Waals surface area (Å²) in [5, 5.41) is 4.16. The Hall–Kier alpha value is -0.920. The molecular weight excluding hydrogens is 324 g/mol. The van der Waals surface area contributed by atoms with Gasteiger partial charge in [0.1, 0.15) is 4.90 Å². The first-order chi connectivity index (χ1) is 11.5. The summed E-state index contributed by atoms with van der Waals surface area (Å²) in [6.45, 7) is 3.69. The topological polar surface area (TPSA) is 67.2 Å². The summed E-state index contributed by atoms with van der Waals surface area (Å²) < 4.78 is 29.9. The summed E-state index contributed by atoms with van der Waals surface area (Å²) in [7, 11) is -1.74. The van der Waals surface area contributed by atoms with Crippen LogP contribution in [-0.4, -0.2) is 48.3 Å². The molecule has 2 heterocycles. The van der Waals surface area contributed by atoms with E-state index in [0.29, 0.717) is 16.6 Å². The van der Waals surface area contributed by atoms with E-state index in [4.69, 9.17) is 0 Å². The highest BCUT2D eigenvalue weighted by Crippen LogP contribution is 2.25. The van der Waals surface area contributed by atoms with Gasteiger partial charge in [-0.1, -0.05) is 25.7 Å². The maximum atomic E-state index is 12.7. The molecule has 0 aromatic carbocycles. The first-order valence-electron chi connectivity index (χ1n) is 9.22. The number of nitrogens with zero attached hydrogens (tertiary/aromatic N) is 3. The fourth-order valence-corrected chi connectivity index (χ4v) is 5.66.